The Bertz CT molecular complexity index is 904. The van der Waals surface area contributed by atoms with Crippen molar-refractivity contribution in [2.45, 2.75) is 40.7 Å². The van der Waals surface area contributed by atoms with Gasteiger partial charge in [0.15, 0.2) is 5.78 Å². The van der Waals surface area contributed by atoms with Gasteiger partial charge in [0.25, 0.3) is 0 Å². The maximum absolute atomic E-state index is 12.6. The third-order valence-electron chi connectivity index (χ3n) is 4.87. The lowest BCUT2D eigenvalue weighted by Gasteiger charge is -2.09. The van der Waals surface area contributed by atoms with Crippen molar-refractivity contribution in [2.75, 3.05) is 5.32 Å². The molecule has 1 aromatic heterocycles. The number of hydrogen-bond acceptors (Lipinski definition) is 4. The van der Waals surface area contributed by atoms with Crippen molar-refractivity contribution in [3.05, 3.63) is 81.7 Å². The second-order valence-corrected chi connectivity index (χ2v) is 6.70. The molecule has 4 heteroatoms. The van der Waals surface area contributed by atoms with Gasteiger partial charge in [-0.3, -0.25) is 4.79 Å². The second-order valence-electron chi connectivity index (χ2n) is 6.70. The second kappa shape index (κ2) is 7.56. The number of aryl methyl sites for hydroxylation is 3. The van der Waals surface area contributed by atoms with Crippen molar-refractivity contribution >= 4 is 11.5 Å². The number of carbonyl (C=O) groups excluding carboxylic acids is 1. The maximum atomic E-state index is 12.6. The molecule has 134 valence electrons. The Morgan fingerprint density at radius 1 is 1.04 bits per heavy atom. The molecule has 0 aliphatic carbocycles. The summed E-state index contributed by atoms with van der Waals surface area (Å²) in [6.45, 7) is 8.56. The van der Waals surface area contributed by atoms with Crippen molar-refractivity contribution in [3.63, 3.8) is 0 Å². The van der Waals surface area contributed by atoms with E-state index in [1.807, 2.05) is 70.2 Å². The number of rotatable bonds is 6. The molecule has 4 nitrogen and oxygen atoms in total. The minimum Gasteiger partial charge on any atom is -0.381 e. The highest BCUT2D eigenvalue weighted by molar-refractivity contribution is 5.99. The maximum Gasteiger partial charge on any atom is 0.167 e. The molecular weight excluding hydrogens is 324 g/mol. The van der Waals surface area contributed by atoms with Gasteiger partial charge < -0.3 is 9.84 Å². The summed E-state index contributed by atoms with van der Waals surface area (Å²) in [5, 5.41) is 7.34. The summed E-state index contributed by atoms with van der Waals surface area (Å²) in [4.78, 5) is 12.6. The van der Waals surface area contributed by atoms with E-state index in [9.17, 15) is 4.79 Å². The van der Waals surface area contributed by atoms with Gasteiger partial charge in [0.2, 0.25) is 0 Å². The minimum absolute atomic E-state index is 0.155. The van der Waals surface area contributed by atoms with Crippen molar-refractivity contribution in [2.24, 2.45) is 0 Å². The molecule has 0 atom stereocenters. The van der Waals surface area contributed by atoms with E-state index >= 15 is 0 Å². The SMILES string of the molecule is Cc1cccc(C(=O)Cc2ccc(NCc3c(C)noc3C)cc2)c1C. The van der Waals surface area contributed by atoms with E-state index < -0.39 is 0 Å². The van der Waals surface area contributed by atoms with E-state index in [0.29, 0.717) is 13.0 Å². The zero-order chi connectivity index (χ0) is 18.7. The molecule has 1 N–H and O–H groups in total. The summed E-state index contributed by atoms with van der Waals surface area (Å²) >= 11 is 0. The molecule has 0 amide bonds. The summed E-state index contributed by atoms with van der Waals surface area (Å²) in [7, 11) is 0. The number of hydrogen-bond donors (Lipinski definition) is 1. The summed E-state index contributed by atoms with van der Waals surface area (Å²) in [5.41, 5.74) is 7.03. The average Bonchev–Trinajstić information content (AvgIpc) is 2.95. The van der Waals surface area contributed by atoms with Gasteiger partial charge in [0, 0.05) is 29.8 Å². The van der Waals surface area contributed by atoms with Crippen LogP contribution in [0.25, 0.3) is 0 Å². The van der Waals surface area contributed by atoms with Crippen molar-refractivity contribution in [3.8, 4) is 0 Å². The van der Waals surface area contributed by atoms with Crippen LogP contribution < -0.4 is 5.32 Å². The van der Waals surface area contributed by atoms with E-state index in [1.165, 1.54) is 0 Å². The molecule has 0 fully saturated rings. The predicted octanol–water partition coefficient (Wildman–Crippen LogP) is 4.95. The summed E-state index contributed by atoms with van der Waals surface area (Å²) in [5.74, 6) is 0.994. The number of anilines is 1. The molecule has 0 spiro atoms. The van der Waals surface area contributed by atoms with E-state index in [-0.39, 0.29) is 5.78 Å². The Labute approximate surface area is 154 Å². The van der Waals surface area contributed by atoms with Gasteiger partial charge >= 0.3 is 0 Å². The van der Waals surface area contributed by atoms with Crippen LogP contribution in [-0.2, 0) is 13.0 Å². The molecular formula is C22H24N2O2. The first-order valence-corrected chi connectivity index (χ1v) is 8.79. The van der Waals surface area contributed by atoms with E-state index in [1.54, 1.807) is 0 Å². The molecule has 0 saturated heterocycles. The molecule has 0 saturated carbocycles. The van der Waals surface area contributed by atoms with Crippen LogP contribution in [0.15, 0.2) is 47.0 Å². The Morgan fingerprint density at radius 3 is 2.42 bits per heavy atom. The van der Waals surface area contributed by atoms with E-state index in [4.69, 9.17) is 4.52 Å². The predicted molar refractivity (Wildman–Crippen MR) is 104 cm³/mol. The Hall–Kier alpha value is -2.88. The molecule has 26 heavy (non-hydrogen) atoms. The lowest BCUT2D eigenvalue weighted by molar-refractivity contribution is 0.0992. The van der Waals surface area contributed by atoms with Crippen molar-refractivity contribution < 1.29 is 9.32 Å². The van der Waals surface area contributed by atoms with Gasteiger partial charge in [0.05, 0.1) is 5.69 Å². The molecule has 0 aliphatic heterocycles. The number of aromatic nitrogens is 1. The van der Waals surface area contributed by atoms with Gasteiger partial charge in [-0.25, -0.2) is 0 Å². The highest BCUT2D eigenvalue weighted by Gasteiger charge is 2.11. The van der Waals surface area contributed by atoms with Crippen LogP contribution >= 0.6 is 0 Å². The zero-order valence-corrected chi connectivity index (χ0v) is 15.7. The molecule has 3 aromatic rings. The molecule has 0 unspecified atom stereocenters. The Balaban J connectivity index is 1.64. The number of nitrogens with zero attached hydrogens (tertiary/aromatic N) is 1. The van der Waals surface area contributed by atoms with Crippen molar-refractivity contribution in [1.29, 1.82) is 0 Å². The van der Waals surface area contributed by atoms with Crippen molar-refractivity contribution in [1.82, 2.24) is 5.16 Å². The topological polar surface area (TPSA) is 55.1 Å². The van der Waals surface area contributed by atoms with Crippen LogP contribution in [0.2, 0.25) is 0 Å². The molecule has 0 bridgehead atoms. The largest absolute Gasteiger partial charge is 0.381 e. The fourth-order valence-electron chi connectivity index (χ4n) is 3.02. The van der Waals surface area contributed by atoms with Crippen LogP contribution in [0, 0.1) is 27.7 Å². The lowest BCUT2D eigenvalue weighted by atomic mass is 9.96. The average molecular weight is 348 g/mol. The number of ketones is 1. The fourth-order valence-corrected chi connectivity index (χ4v) is 3.02. The van der Waals surface area contributed by atoms with E-state index in [2.05, 4.69) is 10.5 Å². The Morgan fingerprint density at radius 2 is 1.77 bits per heavy atom. The highest BCUT2D eigenvalue weighted by atomic mass is 16.5. The van der Waals surface area contributed by atoms with Gasteiger partial charge in [-0.05, 0) is 56.5 Å². The highest BCUT2D eigenvalue weighted by Crippen LogP contribution is 2.18. The van der Waals surface area contributed by atoms with Crippen LogP contribution in [-0.4, -0.2) is 10.9 Å². The Kier molecular flexibility index (Phi) is 5.21. The summed E-state index contributed by atoms with van der Waals surface area (Å²) in [6.07, 6.45) is 0.411. The molecule has 1 heterocycles. The molecule has 0 radical (unpaired) electrons. The van der Waals surface area contributed by atoms with Gasteiger partial charge in [-0.1, -0.05) is 35.5 Å². The minimum atomic E-state index is 0.155. The van der Waals surface area contributed by atoms with Crippen LogP contribution in [0.4, 0.5) is 5.69 Å². The van der Waals surface area contributed by atoms with Gasteiger partial charge in [0.1, 0.15) is 5.76 Å². The fraction of sp³-hybridized carbons (Fsp3) is 0.273. The number of nitrogens with one attached hydrogen (secondary N) is 1. The van der Waals surface area contributed by atoms with E-state index in [0.717, 1.165) is 45.0 Å². The molecule has 0 aliphatic rings. The third-order valence-corrected chi connectivity index (χ3v) is 4.87. The zero-order valence-electron chi connectivity index (χ0n) is 15.7. The van der Waals surface area contributed by atoms with Crippen LogP contribution in [0.3, 0.4) is 0 Å². The number of benzene rings is 2. The quantitative estimate of drug-likeness (QED) is 0.641. The summed E-state index contributed by atoms with van der Waals surface area (Å²) < 4.78 is 5.18. The monoisotopic (exact) mass is 348 g/mol. The first-order chi connectivity index (χ1) is 12.5. The summed E-state index contributed by atoms with van der Waals surface area (Å²) in [6, 6.07) is 13.9. The first kappa shape index (κ1) is 17.9. The molecule has 3 rings (SSSR count). The van der Waals surface area contributed by atoms with Gasteiger partial charge in [-0.2, -0.15) is 0 Å². The first-order valence-electron chi connectivity index (χ1n) is 8.79. The normalized spacial score (nSPS) is 10.8. The smallest absolute Gasteiger partial charge is 0.167 e. The number of Topliss-reactive ketones (excluding diaryl/α,β-unsaturated/α-hetero) is 1. The van der Waals surface area contributed by atoms with Gasteiger partial charge in [-0.15, -0.1) is 0 Å². The van der Waals surface area contributed by atoms with Crippen LogP contribution in [0.1, 0.15) is 44.1 Å². The van der Waals surface area contributed by atoms with Crippen LogP contribution in [0.5, 0.6) is 0 Å². The lowest BCUT2D eigenvalue weighted by Crippen LogP contribution is -2.07. The molecule has 2 aromatic carbocycles. The third kappa shape index (κ3) is 3.85. The standard InChI is InChI=1S/C22H24N2O2/c1-14-6-5-7-20(15(14)2)22(25)12-18-8-10-19(11-9-18)23-13-21-16(3)24-26-17(21)4/h5-11,23H,12-13H2,1-4H3. The number of carbonyl (C=O) groups is 1.